The number of halogens is 4. The number of piperazine rings is 1. The first-order valence-corrected chi connectivity index (χ1v) is 17.3. The van der Waals surface area contributed by atoms with Gasteiger partial charge in [0.1, 0.15) is 22.9 Å². The zero-order valence-electron chi connectivity index (χ0n) is 27.0. The Morgan fingerprint density at radius 3 is 2.53 bits per heavy atom. The third kappa shape index (κ3) is 5.26. The third-order valence-electron chi connectivity index (χ3n) is 11.7. The fraction of sp³-hybridized carbons (Fsp3) is 0.474. The summed E-state index contributed by atoms with van der Waals surface area (Å²) in [6.45, 7) is 3.25. The first-order valence-electron chi connectivity index (χ1n) is 17.3. The van der Waals surface area contributed by atoms with Gasteiger partial charge in [0.25, 0.3) is 5.92 Å². The number of anilines is 1. The topological polar surface area (TPSA) is 73.8 Å². The van der Waals surface area contributed by atoms with Crippen LogP contribution in [0.1, 0.15) is 44.1 Å². The molecule has 0 radical (unpaired) electrons. The van der Waals surface area contributed by atoms with Gasteiger partial charge in [-0.2, -0.15) is 9.97 Å². The maximum atomic E-state index is 16.9. The van der Waals surface area contributed by atoms with Gasteiger partial charge in [0.2, 0.25) is 0 Å². The summed E-state index contributed by atoms with van der Waals surface area (Å²) in [5.41, 5.74) is -0.0750. The van der Waals surface area contributed by atoms with E-state index >= 15 is 8.78 Å². The molecule has 3 saturated heterocycles. The summed E-state index contributed by atoms with van der Waals surface area (Å²) in [4.78, 5) is 13.5. The molecule has 5 aliphatic rings. The Kier molecular flexibility index (Phi) is 7.05. The molecule has 9 rings (SSSR count). The number of nitrogens with zero attached hydrogens (tertiary/aromatic N) is 4. The molecular weight excluding hydrogens is 634 g/mol. The number of phenolic OH excluding ortho intramolecular Hbond substituents is 1. The van der Waals surface area contributed by atoms with Crippen LogP contribution in [0.5, 0.6) is 11.8 Å². The zero-order chi connectivity index (χ0) is 33.7. The van der Waals surface area contributed by atoms with Crippen LogP contribution in [-0.4, -0.2) is 77.3 Å². The van der Waals surface area contributed by atoms with Gasteiger partial charge in [-0.1, -0.05) is 18.1 Å². The van der Waals surface area contributed by atoms with Gasteiger partial charge in [0.15, 0.2) is 5.82 Å². The van der Waals surface area contributed by atoms with Crippen molar-refractivity contribution in [2.45, 2.75) is 56.5 Å². The van der Waals surface area contributed by atoms with E-state index < -0.39 is 23.5 Å². The molecule has 4 unspecified atom stereocenters. The summed E-state index contributed by atoms with van der Waals surface area (Å²) in [5, 5.41) is 15.4. The highest BCUT2D eigenvalue weighted by Crippen LogP contribution is 2.52. The quantitative estimate of drug-likeness (QED) is 0.172. The number of aromatic hydroxyl groups is 1. The van der Waals surface area contributed by atoms with Crippen molar-refractivity contribution in [3.8, 4) is 35.2 Å². The number of fused-ring (bicyclic) bond motifs is 5. The van der Waals surface area contributed by atoms with Gasteiger partial charge in [-0.3, -0.25) is 0 Å². The van der Waals surface area contributed by atoms with E-state index in [-0.39, 0.29) is 70.2 Å². The van der Waals surface area contributed by atoms with E-state index in [1.54, 1.807) is 18.2 Å². The number of alkyl halides is 2. The summed E-state index contributed by atoms with van der Waals surface area (Å²) in [7, 11) is 0. The number of nitrogens with one attached hydrogen (secondary N) is 1. The van der Waals surface area contributed by atoms with Crippen LogP contribution in [0, 0.1) is 41.2 Å². The summed E-state index contributed by atoms with van der Waals surface area (Å²) in [6.07, 6.45) is 10.1. The van der Waals surface area contributed by atoms with Gasteiger partial charge in [-0.25, -0.2) is 17.6 Å². The fourth-order valence-corrected chi connectivity index (χ4v) is 9.05. The Labute approximate surface area is 281 Å². The summed E-state index contributed by atoms with van der Waals surface area (Å²) in [6, 6.07) is 9.73. The molecule has 254 valence electrons. The van der Waals surface area contributed by atoms with E-state index in [9.17, 15) is 13.9 Å². The molecule has 49 heavy (non-hydrogen) atoms. The van der Waals surface area contributed by atoms with E-state index in [0.29, 0.717) is 61.3 Å². The number of hydrogen-bond donors (Lipinski definition) is 2. The maximum Gasteiger partial charge on any atom is 0.319 e. The fourth-order valence-electron chi connectivity index (χ4n) is 9.05. The van der Waals surface area contributed by atoms with Crippen LogP contribution in [0.25, 0.3) is 32.8 Å². The molecule has 7 nitrogen and oxygen atoms in total. The van der Waals surface area contributed by atoms with Crippen LogP contribution in [0.4, 0.5) is 23.4 Å². The highest BCUT2D eigenvalue weighted by molar-refractivity contribution is 6.04. The van der Waals surface area contributed by atoms with Crippen molar-refractivity contribution in [2.75, 3.05) is 44.2 Å². The Hall–Kier alpha value is -4.14. The predicted octanol–water partition coefficient (Wildman–Crippen LogP) is 6.49. The molecule has 4 atom stereocenters. The molecule has 1 aromatic heterocycles. The number of ether oxygens (including phenoxy) is 1. The van der Waals surface area contributed by atoms with Crippen LogP contribution in [0.2, 0.25) is 0 Å². The van der Waals surface area contributed by atoms with Crippen LogP contribution >= 0.6 is 0 Å². The number of hydrogen-bond acceptors (Lipinski definition) is 7. The summed E-state index contributed by atoms with van der Waals surface area (Å²) in [5.74, 6) is -2.00. The minimum Gasteiger partial charge on any atom is -0.508 e. The zero-order valence-corrected chi connectivity index (χ0v) is 27.0. The smallest absolute Gasteiger partial charge is 0.319 e. The number of rotatable bonds is 7. The van der Waals surface area contributed by atoms with E-state index in [1.807, 2.05) is 0 Å². The normalized spacial score (nSPS) is 26.7. The predicted molar refractivity (Wildman–Crippen MR) is 179 cm³/mol. The van der Waals surface area contributed by atoms with E-state index in [2.05, 4.69) is 26.0 Å². The minimum absolute atomic E-state index is 0.00832. The lowest BCUT2D eigenvalue weighted by Crippen LogP contribution is -2.51. The average molecular weight is 672 g/mol. The maximum absolute atomic E-state index is 16.9. The molecule has 0 spiro atoms. The standard InChI is InChI=1S/C38H37F4N5O2/c1-2-21-4-3-5-22-12-26(48)13-27(31(21)22)32-30(39)14-28-34(33(32)40)44-36(45-35(28)47-16-24-6-7-25(17-47)43-24)49-20-37(10-11-37)19-46-15-23-8-9-38(41,42)29(23)18-46/h1,3-5,12-14,23-25,29,43,48H,6-11,15-20H2. The van der Waals surface area contributed by atoms with E-state index in [4.69, 9.17) is 16.1 Å². The van der Waals surface area contributed by atoms with Crippen molar-refractivity contribution in [2.24, 2.45) is 17.3 Å². The van der Waals surface area contributed by atoms with Crippen molar-refractivity contribution in [1.82, 2.24) is 20.2 Å². The molecule has 2 aliphatic carbocycles. The number of terminal acetylenes is 1. The Morgan fingerprint density at radius 2 is 1.80 bits per heavy atom. The molecular formula is C38H37F4N5O2. The van der Waals surface area contributed by atoms with Crippen molar-refractivity contribution >= 4 is 27.5 Å². The molecule has 2 bridgehead atoms. The molecule has 4 heterocycles. The first-order chi connectivity index (χ1) is 23.6. The molecule has 0 amide bonds. The Bertz CT molecular complexity index is 2030. The SMILES string of the molecule is C#Cc1cccc2cc(O)cc(-c3c(F)cc4c(N5CC6CCC(C5)N6)nc(OCC5(CN6CC7CCC(F)(F)C7C6)CC5)nc4c3F)c12. The number of likely N-dealkylation sites (tertiary alicyclic amines) is 1. The molecule has 11 heteroatoms. The highest BCUT2D eigenvalue weighted by atomic mass is 19.3. The molecule has 3 aliphatic heterocycles. The molecule has 5 fully saturated rings. The first kappa shape index (κ1) is 30.9. The second-order valence-electron chi connectivity index (χ2n) is 15.0. The molecule has 2 N–H and O–H groups in total. The van der Waals surface area contributed by atoms with E-state index in [0.717, 1.165) is 25.7 Å². The summed E-state index contributed by atoms with van der Waals surface area (Å²) < 4.78 is 68.3. The van der Waals surface area contributed by atoms with Gasteiger partial charge in [-0.15, -0.1) is 6.42 Å². The van der Waals surface area contributed by atoms with Gasteiger partial charge >= 0.3 is 6.01 Å². The second-order valence-corrected chi connectivity index (χ2v) is 15.0. The van der Waals surface area contributed by atoms with Crippen LogP contribution in [0.3, 0.4) is 0 Å². The van der Waals surface area contributed by atoms with Crippen LogP contribution in [0.15, 0.2) is 36.4 Å². The van der Waals surface area contributed by atoms with Crippen molar-refractivity contribution in [3.63, 3.8) is 0 Å². The lowest BCUT2D eigenvalue weighted by Gasteiger charge is -2.34. The van der Waals surface area contributed by atoms with Gasteiger partial charge in [0.05, 0.1) is 12.2 Å². The van der Waals surface area contributed by atoms with Crippen molar-refractivity contribution < 1.29 is 27.4 Å². The van der Waals surface area contributed by atoms with Gasteiger partial charge < -0.3 is 25.0 Å². The second kappa shape index (κ2) is 11.2. The van der Waals surface area contributed by atoms with Crippen LogP contribution < -0.4 is 15.0 Å². The number of aromatic nitrogens is 2. The Balaban J connectivity index is 1.10. The third-order valence-corrected chi connectivity index (χ3v) is 11.7. The number of benzene rings is 3. The lowest BCUT2D eigenvalue weighted by atomic mass is 9.93. The molecule has 4 aromatic rings. The Morgan fingerprint density at radius 1 is 1.00 bits per heavy atom. The van der Waals surface area contributed by atoms with E-state index in [1.165, 1.54) is 18.2 Å². The van der Waals surface area contributed by atoms with Crippen molar-refractivity contribution in [3.05, 3.63) is 53.6 Å². The molecule has 3 aromatic carbocycles. The van der Waals surface area contributed by atoms with Crippen molar-refractivity contribution in [1.29, 1.82) is 0 Å². The average Bonchev–Trinajstić information content (AvgIpc) is 3.44. The highest BCUT2D eigenvalue weighted by Gasteiger charge is 2.55. The summed E-state index contributed by atoms with van der Waals surface area (Å²) >= 11 is 0. The van der Waals surface area contributed by atoms with Crippen LogP contribution in [-0.2, 0) is 0 Å². The largest absolute Gasteiger partial charge is 0.508 e. The lowest BCUT2D eigenvalue weighted by molar-refractivity contribution is -0.0405. The minimum atomic E-state index is -2.60. The number of phenols is 1. The van der Waals surface area contributed by atoms with Gasteiger partial charge in [-0.05, 0) is 67.7 Å². The van der Waals surface area contributed by atoms with Gasteiger partial charge in [0, 0.05) is 84.5 Å². The monoisotopic (exact) mass is 671 g/mol. The molecule has 2 saturated carbocycles.